The molecule has 6 nitrogen and oxygen atoms in total. The number of phenolic OH excluding ortho intramolecular Hbond substituents is 1. The van der Waals surface area contributed by atoms with Crippen molar-refractivity contribution in [1.82, 2.24) is 9.80 Å². The third kappa shape index (κ3) is 4.50. The first-order chi connectivity index (χ1) is 13.7. The molecule has 0 aliphatic carbocycles. The fraction of sp³-hybridized carbons (Fsp3) is 0.500. The van der Waals surface area contributed by atoms with E-state index in [1.165, 1.54) is 0 Å². The van der Waals surface area contributed by atoms with Crippen LogP contribution in [0.1, 0.15) is 69.1 Å². The zero-order valence-electron chi connectivity index (χ0n) is 17.4. The Bertz CT molecular complexity index is 841. The number of benzene rings is 1. The highest BCUT2D eigenvalue weighted by atomic mass is 32.2. The van der Waals surface area contributed by atoms with Gasteiger partial charge in [-0.25, -0.2) is 0 Å². The second-order valence-corrected chi connectivity index (χ2v) is 9.21. The quantitative estimate of drug-likeness (QED) is 0.724. The summed E-state index contributed by atoms with van der Waals surface area (Å²) in [5.41, 5.74) is 2.39. The predicted octanol–water partition coefficient (Wildman–Crippen LogP) is 4.30. The van der Waals surface area contributed by atoms with Crippen molar-refractivity contribution in [1.29, 1.82) is 0 Å². The van der Waals surface area contributed by atoms with Gasteiger partial charge in [0.05, 0.1) is 4.91 Å². The number of nitrogens with zero attached hydrogens (tertiary/aromatic N) is 2. The molecule has 0 spiro atoms. The average Bonchev–Trinajstić information content (AvgIpc) is 3.27. The molecule has 156 valence electrons. The molecule has 0 unspecified atom stereocenters. The molecule has 3 rings (SSSR count). The molecule has 0 aromatic heterocycles. The lowest BCUT2D eigenvalue weighted by Gasteiger charge is -2.18. The number of carbonyl (C=O) groups is 3. The van der Waals surface area contributed by atoms with Crippen LogP contribution in [0.2, 0.25) is 0 Å². The number of phenols is 1. The number of carbonyl (C=O) groups excluding carboxylic acids is 3. The highest BCUT2D eigenvalue weighted by Crippen LogP contribution is 2.37. The Morgan fingerprint density at radius 2 is 1.66 bits per heavy atom. The van der Waals surface area contributed by atoms with Crippen molar-refractivity contribution in [2.75, 3.05) is 19.6 Å². The molecular weight excluding hydrogens is 388 g/mol. The van der Waals surface area contributed by atoms with Gasteiger partial charge in [-0.1, -0.05) is 27.7 Å². The Hall–Kier alpha value is -2.28. The summed E-state index contributed by atoms with van der Waals surface area (Å²) in [6.07, 6.45) is 3.61. The summed E-state index contributed by atoms with van der Waals surface area (Å²) in [5.74, 6) is -0.0860. The number of rotatable bonds is 5. The zero-order valence-corrected chi connectivity index (χ0v) is 18.2. The van der Waals surface area contributed by atoms with Gasteiger partial charge in [0.1, 0.15) is 12.3 Å². The Morgan fingerprint density at radius 3 is 2.17 bits per heavy atom. The number of hydrogen-bond acceptors (Lipinski definition) is 5. The van der Waals surface area contributed by atoms with Crippen LogP contribution >= 0.6 is 11.8 Å². The van der Waals surface area contributed by atoms with E-state index in [-0.39, 0.29) is 30.0 Å². The van der Waals surface area contributed by atoms with Crippen molar-refractivity contribution in [3.05, 3.63) is 33.7 Å². The van der Waals surface area contributed by atoms with Gasteiger partial charge < -0.3 is 10.0 Å². The molecule has 1 N–H and O–H groups in total. The fourth-order valence-electron chi connectivity index (χ4n) is 3.66. The van der Waals surface area contributed by atoms with Crippen molar-refractivity contribution in [3.63, 3.8) is 0 Å². The van der Waals surface area contributed by atoms with Crippen molar-refractivity contribution < 1.29 is 19.5 Å². The summed E-state index contributed by atoms with van der Waals surface area (Å²) in [6, 6.07) is 3.71. The highest BCUT2D eigenvalue weighted by Gasteiger charge is 2.37. The minimum atomic E-state index is -0.433. The molecule has 2 aliphatic rings. The van der Waals surface area contributed by atoms with E-state index in [1.807, 2.05) is 39.8 Å². The molecule has 2 saturated heterocycles. The first kappa shape index (κ1) is 21.4. The van der Waals surface area contributed by atoms with E-state index < -0.39 is 11.1 Å². The maximum atomic E-state index is 12.8. The molecule has 3 amide bonds. The molecule has 7 heteroatoms. The van der Waals surface area contributed by atoms with E-state index >= 15 is 0 Å². The molecule has 2 fully saturated rings. The first-order valence-corrected chi connectivity index (χ1v) is 10.9. The van der Waals surface area contributed by atoms with Crippen LogP contribution in [-0.4, -0.2) is 51.6 Å². The maximum Gasteiger partial charge on any atom is 0.294 e. The fourth-order valence-corrected chi connectivity index (χ4v) is 4.50. The summed E-state index contributed by atoms with van der Waals surface area (Å²) >= 11 is 0.859. The molecule has 1 aromatic rings. The minimum Gasteiger partial charge on any atom is -0.507 e. The monoisotopic (exact) mass is 416 g/mol. The number of amides is 3. The van der Waals surface area contributed by atoms with Crippen molar-refractivity contribution in [3.8, 4) is 5.75 Å². The molecule has 1 aromatic carbocycles. The van der Waals surface area contributed by atoms with Crippen LogP contribution in [0.5, 0.6) is 5.75 Å². The van der Waals surface area contributed by atoms with Gasteiger partial charge in [0.15, 0.2) is 0 Å². The third-order valence-electron chi connectivity index (χ3n) is 5.36. The molecular formula is C22H28N2O4S. The van der Waals surface area contributed by atoms with Crippen molar-refractivity contribution in [2.45, 2.75) is 52.4 Å². The van der Waals surface area contributed by atoms with Crippen LogP contribution in [-0.2, 0) is 9.59 Å². The second kappa shape index (κ2) is 8.61. The van der Waals surface area contributed by atoms with E-state index in [0.29, 0.717) is 18.0 Å². The van der Waals surface area contributed by atoms with Crippen LogP contribution in [0.15, 0.2) is 17.0 Å². The SMILES string of the molecule is CC(C)c1cc(/C=C2/SC(=O)N(CC(=O)N3CCCC3)C2=O)cc(C(C)C)c1O. The van der Waals surface area contributed by atoms with E-state index in [9.17, 15) is 19.5 Å². The highest BCUT2D eigenvalue weighted by molar-refractivity contribution is 8.18. The second-order valence-electron chi connectivity index (χ2n) is 8.21. The largest absolute Gasteiger partial charge is 0.507 e. The number of likely N-dealkylation sites (tertiary alicyclic amines) is 1. The number of imide groups is 1. The Kier molecular flexibility index (Phi) is 6.36. The molecule has 0 radical (unpaired) electrons. The summed E-state index contributed by atoms with van der Waals surface area (Å²) < 4.78 is 0. The molecule has 29 heavy (non-hydrogen) atoms. The van der Waals surface area contributed by atoms with Gasteiger partial charge >= 0.3 is 0 Å². The van der Waals surface area contributed by atoms with Crippen LogP contribution in [0.25, 0.3) is 6.08 Å². The van der Waals surface area contributed by atoms with E-state index in [2.05, 4.69) is 0 Å². The summed E-state index contributed by atoms with van der Waals surface area (Å²) in [6.45, 7) is 9.18. The van der Waals surface area contributed by atoms with Crippen LogP contribution in [0.3, 0.4) is 0 Å². The van der Waals surface area contributed by atoms with Gasteiger partial charge in [0.25, 0.3) is 11.1 Å². The van der Waals surface area contributed by atoms with Crippen molar-refractivity contribution >= 4 is 34.9 Å². The zero-order chi connectivity index (χ0) is 21.3. The Labute approximate surface area is 175 Å². The van der Waals surface area contributed by atoms with E-state index in [4.69, 9.17) is 0 Å². The lowest BCUT2D eigenvalue weighted by molar-refractivity contribution is -0.135. The summed E-state index contributed by atoms with van der Waals surface area (Å²) in [4.78, 5) is 40.5. The summed E-state index contributed by atoms with van der Waals surface area (Å²) in [7, 11) is 0. The van der Waals surface area contributed by atoms with E-state index in [0.717, 1.165) is 46.2 Å². The molecule has 0 saturated carbocycles. The van der Waals surface area contributed by atoms with Gasteiger partial charge in [-0.2, -0.15) is 0 Å². The third-order valence-corrected chi connectivity index (χ3v) is 6.27. The van der Waals surface area contributed by atoms with Gasteiger partial charge in [-0.05, 0) is 71.3 Å². The van der Waals surface area contributed by atoms with Gasteiger partial charge in [-0.3, -0.25) is 19.3 Å². The van der Waals surface area contributed by atoms with Gasteiger partial charge in [-0.15, -0.1) is 0 Å². The summed E-state index contributed by atoms with van der Waals surface area (Å²) in [5, 5.41) is 10.1. The average molecular weight is 417 g/mol. The Morgan fingerprint density at radius 1 is 1.10 bits per heavy atom. The molecule has 2 heterocycles. The minimum absolute atomic E-state index is 0.119. The number of hydrogen-bond donors (Lipinski definition) is 1. The normalized spacial score (nSPS) is 18.8. The smallest absolute Gasteiger partial charge is 0.294 e. The standard InChI is InChI=1S/C22H28N2O4S/c1-13(2)16-9-15(10-17(14(3)4)20(16)26)11-18-21(27)24(22(28)29-18)12-19(25)23-7-5-6-8-23/h9-11,13-14,26H,5-8,12H2,1-4H3/b18-11+. The Balaban J connectivity index is 1.86. The topological polar surface area (TPSA) is 77.9 Å². The number of aromatic hydroxyl groups is 1. The first-order valence-electron chi connectivity index (χ1n) is 10.1. The van der Waals surface area contributed by atoms with Crippen LogP contribution < -0.4 is 0 Å². The maximum absolute atomic E-state index is 12.8. The predicted molar refractivity (Wildman–Crippen MR) is 115 cm³/mol. The van der Waals surface area contributed by atoms with Gasteiger partial charge in [0, 0.05) is 13.1 Å². The molecule has 2 aliphatic heterocycles. The molecule has 0 atom stereocenters. The lowest BCUT2D eigenvalue weighted by Crippen LogP contribution is -2.40. The van der Waals surface area contributed by atoms with Crippen LogP contribution in [0.4, 0.5) is 4.79 Å². The van der Waals surface area contributed by atoms with Crippen LogP contribution in [0, 0.1) is 0 Å². The van der Waals surface area contributed by atoms with Gasteiger partial charge in [0.2, 0.25) is 5.91 Å². The van der Waals surface area contributed by atoms with E-state index in [1.54, 1.807) is 11.0 Å². The molecule has 0 bridgehead atoms. The lowest BCUT2D eigenvalue weighted by atomic mass is 9.91. The number of thioether (sulfide) groups is 1. The van der Waals surface area contributed by atoms with Crippen molar-refractivity contribution in [2.24, 2.45) is 0 Å².